The van der Waals surface area contributed by atoms with Crippen molar-refractivity contribution in [1.82, 2.24) is 10.6 Å². The molecule has 2 heterocycles. The van der Waals surface area contributed by atoms with Crippen molar-refractivity contribution >= 4 is 23.2 Å². The van der Waals surface area contributed by atoms with E-state index < -0.39 is 0 Å². The van der Waals surface area contributed by atoms with Gasteiger partial charge in [-0.05, 0) is 29.9 Å². The standard InChI is InChI=1S/C19H22N2O2S/c22-17(20-14-15-5-2-1-3-6-15)8-10-19(11-9-18(23)21-19)13-16-7-4-12-24-16/h1-7,12H,8-11,13-14H2,(H,20,22)(H,21,23)/t19-/m0/s1. The number of hydrogen-bond donors (Lipinski definition) is 2. The second kappa shape index (κ2) is 7.62. The molecule has 24 heavy (non-hydrogen) atoms. The first-order chi connectivity index (χ1) is 11.7. The molecular formula is C19H22N2O2S. The number of carbonyl (C=O) groups excluding carboxylic acids is 2. The van der Waals surface area contributed by atoms with Crippen molar-refractivity contribution in [3.05, 3.63) is 58.3 Å². The second-order valence-corrected chi connectivity index (χ2v) is 7.38. The Morgan fingerprint density at radius 2 is 2.04 bits per heavy atom. The maximum Gasteiger partial charge on any atom is 0.220 e. The predicted octanol–water partition coefficient (Wildman–Crippen LogP) is 3.04. The van der Waals surface area contributed by atoms with Crippen molar-refractivity contribution in [1.29, 1.82) is 0 Å². The number of carbonyl (C=O) groups is 2. The van der Waals surface area contributed by atoms with Gasteiger partial charge in [0, 0.05) is 36.2 Å². The number of thiophene rings is 1. The molecule has 126 valence electrons. The fraction of sp³-hybridized carbons (Fsp3) is 0.368. The Labute approximate surface area is 146 Å². The molecule has 1 aromatic carbocycles. The third kappa shape index (κ3) is 4.45. The molecule has 0 saturated carbocycles. The Kier molecular flexibility index (Phi) is 5.30. The third-order valence-corrected chi connectivity index (χ3v) is 5.37. The second-order valence-electron chi connectivity index (χ2n) is 6.35. The zero-order valence-corrected chi connectivity index (χ0v) is 14.4. The summed E-state index contributed by atoms with van der Waals surface area (Å²) in [7, 11) is 0. The van der Waals surface area contributed by atoms with Crippen LogP contribution in [0.1, 0.15) is 36.1 Å². The molecule has 2 N–H and O–H groups in total. The summed E-state index contributed by atoms with van der Waals surface area (Å²) >= 11 is 1.70. The van der Waals surface area contributed by atoms with E-state index in [1.54, 1.807) is 11.3 Å². The molecule has 1 atom stereocenters. The van der Waals surface area contributed by atoms with E-state index >= 15 is 0 Å². The van der Waals surface area contributed by atoms with Crippen LogP contribution in [0.25, 0.3) is 0 Å². The van der Waals surface area contributed by atoms with Gasteiger partial charge < -0.3 is 10.6 Å². The highest BCUT2D eigenvalue weighted by Gasteiger charge is 2.38. The average molecular weight is 342 g/mol. The van der Waals surface area contributed by atoms with E-state index in [0.717, 1.165) is 18.4 Å². The van der Waals surface area contributed by atoms with Crippen molar-refractivity contribution < 1.29 is 9.59 Å². The van der Waals surface area contributed by atoms with Gasteiger partial charge in [-0.15, -0.1) is 11.3 Å². The highest BCUT2D eigenvalue weighted by Crippen LogP contribution is 2.30. The van der Waals surface area contributed by atoms with Gasteiger partial charge in [0.15, 0.2) is 0 Å². The van der Waals surface area contributed by atoms with Crippen LogP contribution in [0.5, 0.6) is 0 Å². The lowest BCUT2D eigenvalue weighted by atomic mass is 9.87. The Hall–Kier alpha value is -2.14. The van der Waals surface area contributed by atoms with Crippen LogP contribution < -0.4 is 10.6 Å². The van der Waals surface area contributed by atoms with Gasteiger partial charge in [0.1, 0.15) is 0 Å². The summed E-state index contributed by atoms with van der Waals surface area (Å²) in [4.78, 5) is 25.2. The Morgan fingerprint density at radius 1 is 1.21 bits per heavy atom. The first-order valence-electron chi connectivity index (χ1n) is 8.29. The summed E-state index contributed by atoms with van der Waals surface area (Å²) in [6.45, 7) is 0.546. The maximum absolute atomic E-state index is 12.2. The fourth-order valence-corrected chi connectivity index (χ4v) is 4.02. The highest BCUT2D eigenvalue weighted by molar-refractivity contribution is 7.09. The normalized spacial score (nSPS) is 19.9. The highest BCUT2D eigenvalue weighted by atomic mass is 32.1. The van der Waals surface area contributed by atoms with Crippen LogP contribution >= 0.6 is 11.3 Å². The molecule has 1 aliphatic rings. The minimum absolute atomic E-state index is 0.0329. The lowest BCUT2D eigenvalue weighted by Gasteiger charge is -2.28. The molecule has 0 radical (unpaired) electrons. The summed E-state index contributed by atoms with van der Waals surface area (Å²) < 4.78 is 0. The van der Waals surface area contributed by atoms with E-state index in [-0.39, 0.29) is 17.4 Å². The molecule has 0 unspecified atom stereocenters. The van der Waals surface area contributed by atoms with Gasteiger partial charge in [0.05, 0.1) is 0 Å². The summed E-state index contributed by atoms with van der Waals surface area (Å²) in [5.41, 5.74) is 0.819. The van der Waals surface area contributed by atoms with Gasteiger partial charge in [0.25, 0.3) is 0 Å². The summed E-state index contributed by atoms with van der Waals surface area (Å²) in [5, 5.41) is 8.13. The van der Waals surface area contributed by atoms with Crippen LogP contribution in [-0.2, 0) is 22.6 Å². The smallest absolute Gasteiger partial charge is 0.220 e. The van der Waals surface area contributed by atoms with Crippen molar-refractivity contribution in [3.8, 4) is 0 Å². The SMILES string of the molecule is O=C(CC[C@@]1(Cc2cccs2)CCC(=O)N1)NCc1ccccc1. The van der Waals surface area contributed by atoms with Crippen molar-refractivity contribution in [2.75, 3.05) is 0 Å². The van der Waals surface area contributed by atoms with Gasteiger partial charge in [-0.3, -0.25) is 9.59 Å². The molecule has 0 spiro atoms. The van der Waals surface area contributed by atoms with Crippen LogP contribution in [0.15, 0.2) is 47.8 Å². The summed E-state index contributed by atoms with van der Waals surface area (Å²) in [5.74, 6) is 0.127. The molecule has 0 bridgehead atoms. The lowest BCUT2D eigenvalue weighted by molar-refractivity contribution is -0.122. The molecular weight excluding hydrogens is 320 g/mol. The van der Waals surface area contributed by atoms with Crippen LogP contribution in [0.4, 0.5) is 0 Å². The topological polar surface area (TPSA) is 58.2 Å². The Morgan fingerprint density at radius 3 is 2.71 bits per heavy atom. The van der Waals surface area contributed by atoms with E-state index in [9.17, 15) is 9.59 Å². The molecule has 1 fully saturated rings. The zero-order chi connectivity index (χ0) is 16.8. The monoisotopic (exact) mass is 342 g/mol. The maximum atomic E-state index is 12.2. The Bertz CT molecular complexity index is 685. The molecule has 1 aromatic heterocycles. The van der Waals surface area contributed by atoms with Crippen molar-refractivity contribution in [2.24, 2.45) is 0 Å². The van der Waals surface area contributed by atoms with Gasteiger partial charge in [-0.2, -0.15) is 0 Å². The van der Waals surface area contributed by atoms with E-state index in [2.05, 4.69) is 16.7 Å². The van der Waals surface area contributed by atoms with Gasteiger partial charge in [-0.25, -0.2) is 0 Å². The average Bonchev–Trinajstić information content (AvgIpc) is 3.23. The van der Waals surface area contributed by atoms with Crippen LogP contribution in [0.3, 0.4) is 0 Å². The van der Waals surface area contributed by atoms with Gasteiger partial charge in [0.2, 0.25) is 11.8 Å². The molecule has 0 aliphatic carbocycles. The zero-order valence-electron chi connectivity index (χ0n) is 13.6. The molecule has 2 amide bonds. The number of hydrogen-bond acceptors (Lipinski definition) is 3. The molecule has 4 nitrogen and oxygen atoms in total. The third-order valence-electron chi connectivity index (χ3n) is 4.49. The molecule has 1 aliphatic heterocycles. The predicted molar refractivity (Wildman–Crippen MR) is 95.7 cm³/mol. The van der Waals surface area contributed by atoms with Crippen molar-refractivity contribution in [3.63, 3.8) is 0 Å². The minimum Gasteiger partial charge on any atom is -0.352 e. The first kappa shape index (κ1) is 16.7. The van der Waals surface area contributed by atoms with E-state index in [1.165, 1.54) is 4.88 Å². The molecule has 2 aromatic rings. The van der Waals surface area contributed by atoms with E-state index in [0.29, 0.717) is 25.8 Å². The fourth-order valence-electron chi connectivity index (χ4n) is 3.17. The minimum atomic E-state index is -0.272. The summed E-state index contributed by atoms with van der Waals surface area (Å²) in [6, 6.07) is 14.0. The molecule has 1 saturated heterocycles. The Balaban J connectivity index is 1.53. The lowest BCUT2D eigenvalue weighted by Crippen LogP contribution is -2.44. The van der Waals surface area contributed by atoms with Gasteiger partial charge in [-0.1, -0.05) is 36.4 Å². The van der Waals surface area contributed by atoms with E-state index in [4.69, 9.17) is 0 Å². The molecule has 3 rings (SSSR count). The number of amides is 2. The van der Waals surface area contributed by atoms with Gasteiger partial charge >= 0.3 is 0 Å². The van der Waals surface area contributed by atoms with Crippen molar-refractivity contribution in [2.45, 2.75) is 44.2 Å². The summed E-state index contributed by atoms with van der Waals surface area (Å²) in [6.07, 6.45) is 3.27. The van der Waals surface area contributed by atoms with E-state index in [1.807, 2.05) is 41.8 Å². The first-order valence-corrected chi connectivity index (χ1v) is 9.17. The van der Waals surface area contributed by atoms with Crippen LogP contribution in [0, 0.1) is 0 Å². The largest absolute Gasteiger partial charge is 0.352 e. The quantitative estimate of drug-likeness (QED) is 0.812. The molecule has 5 heteroatoms. The number of rotatable bonds is 7. The number of benzene rings is 1. The number of nitrogens with one attached hydrogen (secondary N) is 2. The van der Waals surface area contributed by atoms with Crippen LogP contribution in [0.2, 0.25) is 0 Å². The van der Waals surface area contributed by atoms with Crippen LogP contribution in [-0.4, -0.2) is 17.4 Å².